The van der Waals surface area contributed by atoms with Gasteiger partial charge in [-0.1, -0.05) is 42.1 Å². The number of rotatable bonds is 7. The van der Waals surface area contributed by atoms with Crippen molar-refractivity contribution < 1.29 is 9.53 Å². The maximum Gasteiger partial charge on any atom is 0.233 e. The first-order valence-electron chi connectivity index (χ1n) is 8.92. The van der Waals surface area contributed by atoms with Gasteiger partial charge in [0.15, 0.2) is 0 Å². The second-order valence-corrected chi connectivity index (χ2v) is 7.69. The van der Waals surface area contributed by atoms with Crippen LogP contribution in [-0.4, -0.2) is 38.5 Å². The summed E-state index contributed by atoms with van der Waals surface area (Å²) in [4.78, 5) is 12.6. The zero-order valence-electron chi connectivity index (χ0n) is 16.3. The molecule has 28 heavy (non-hydrogen) atoms. The molecule has 0 saturated carbocycles. The van der Waals surface area contributed by atoms with Gasteiger partial charge in [0.05, 0.1) is 18.0 Å². The second kappa shape index (κ2) is 8.88. The van der Waals surface area contributed by atoms with Crippen molar-refractivity contribution in [2.24, 2.45) is 0 Å². The number of methoxy groups -OCH3 is 1. The highest BCUT2D eigenvalue weighted by Gasteiger charge is 2.20. The molecule has 0 fully saturated rings. The van der Waals surface area contributed by atoms with Crippen LogP contribution in [0.5, 0.6) is 5.75 Å². The number of para-hydroxylation sites is 1. The van der Waals surface area contributed by atoms with Crippen molar-refractivity contribution in [2.75, 3.05) is 7.11 Å². The molecule has 3 aromatic rings. The summed E-state index contributed by atoms with van der Waals surface area (Å²) in [6, 6.07) is 13.6. The molecule has 3 rings (SSSR count). The van der Waals surface area contributed by atoms with Crippen LogP contribution < -0.4 is 10.1 Å². The predicted octanol–water partition coefficient (Wildman–Crippen LogP) is 3.08. The van der Waals surface area contributed by atoms with Gasteiger partial charge in [0, 0.05) is 12.1 Å². The van der Waals surface area contributed by atoms with Crippen LogP contribution in [0.3, 0.4) is 0 Å². The van der Waals surface area contributed by atoms with E-state index in [4.69, 9.17) is 4.74 Å². The Morgan fingerprint density at radius 3 is 2.79 bits per heavy atom. The molecule has 0 aliphatic rings. The molecule has 146 valence electrons. The zero-order valence-corrected chi connectivity index (χ0v) is 17.2. The van der Waals surface area contributed by atoms with Crippen LogP contribution >= 0.6 is 11.8 Å². The molecule has 0 saturated heterocycles. The van der Waals surface area contributed by atoms with Crippen LogP contribution in [-0.2, 0) is 11.3 Å². The Labute approximate surface area is 168 Å². The average molecular weight is 398 g/mol. The SMILES string of the molecule is COc1ccccc1CNC(=O)C(C)Sc1nnnn1-c1cccc(C)c1C. The molecule has 8 heteroatoms. The Bertz CT molecular complexity index is 973. The molecule has 1 atom stereocenters. The van der Waals surface area contributed by atoms with Gasteiger partial charge in [-0.25, -0.2) is 0 Å². The third-order valence-corrected chi connectivity index (χ3v) is 5.58. The summed E-state index contributed by atoms with van der Waals surface area (Å²) in [6.45, 7) is 6.31. The van der Waals surface area contributed by atoms with Gasteiger partial charge in [0.25, 0.3) is 0 Å². The lowest BCUT2D eigenvalue weighted by atomic mass is 10.1. The highest BCUT2D eigenvalue weighted by atomic mass is 32.2. The minimum Gasteiger partial charge on any atom is -0.496 e. The van der Waals surface area contributed by atoms with Gasteiger partial charge in [-0.2, -0.15) is 4.68 Å². The number of ether oxygens (including phenoxy) is 1. The first-order valence-corrected chi connectivity index (χ1v) is 9.80. The number of carbonyl (C=O) groups excluding carboxylic acids is 1. The average Bonchev–Trinajstić information content (AvgIpc) is 3.16. The fourth-order valence-electron chi connectivity index (χ4n) is 2.76. The molecule has 0 radical (unpaired) electrons. The third-order valence-electron chi connectivity index (χ3n) is 4.54. The van der Waals surface area contributed by atoms with Crippen LogP contribution in [0.15, 0.2) is 47.6 Å². The van der Waals surface area contributed by atoms with Gasteiger partial charge < -0.3 is 10.1 Å². The number of hydrogen-bond donors (Lipinski definition) is 1. The van der Waals surface area contributed by atoms with Gasteiger partial charge in [-0.15, -0.1) is 5.10 Å². The summed E-state index contributed by atoms with van der Waals surface area (Å²) in [5.41, 5.74) is 4.10. The number of amides is 1. The third kappa shape index (κ3) is 4.33. The molecule has 1 N–H and O–H groups in total. The van der Waals surface area contributed by atoms with Crippen molar-refractivity contribution in [2.45, 2.75) is 37.7 Å². The lowest BCUT2D eigenvalue weighted by Crippen LogP contribution is -2.30. The van der Waals surface area contributed by atoms with Crippen molar-refractivity contribution >= 4 is 17.7 Å². The van der Waals surface area contributed by atoms with E-state index < -0.39 is 0 Å². The second-order valence-electron chi connectivity index (χ2n) is 6.38. The fourth-order valence-corrected chi connectivity index (χ4v) is 3.58. The van der Waals surface area contributed by atoms with Crippen LogP contribution in [0.1, 0.15) is 23.6 Å². The van der Waals surface area contributed by atoms with E-state index in [1.807, 2.05) is 63.2 Å². The standard InChI is InChI=1S/C20H23N5O2S/c1-13-8-7-10-17(14(13)2)25-20(22-23-24-25)28-15(3)19(26)21-12-16-9-5-6-11-18(16)27-4/h5-11,15H,12H2,1-4H3,(H,21,26). The normalized spacial score (nSPS) is 11.9. The van der Waals surface area contributed by atoms with Crippen LogP contribution in [0.25, 0.3) is 5.69 Å². The van der Waals surface area contributed by atoms with E-state index in [1.165, 1.54) is 11.8 Å². The number of tetrazole rings is 1. The maximum absolute atomic E-state index is 12.6. The quantitative estimate of drug-likeness (QED) is 0.617. The molecule has 0 bridgehead atoms. The predicted molar refractivity (Wildman–Crippen MR) is 109 cm³/mol. The molecular formula is C20H23N5O2S. The number of nitrogens with zero attached hydrogens (tertiary/aromatic N) is 4. The van der Waals surface area contributed by atoms with Gasteiger partial charge >= 0.3 is 0 Å². The largest absolute Gasteiger partial charge is 0.496 e. The Morgan fingerprint density at radius 2 is 2.00 bits per heavy atom. The summed E-state index contributed by atoms with van der Waals surface area (Å²) >= 11 is 1.32. The van der Waals surface area contributed by atoms with Crippen molar-refractivity contribution in [1.29, 1.82) is 0 Å². The van der Waals surface area contributed by atoms with E-state index in [1.54, 1.807) is 11.8 Å². The Hall–Kier alpha value is -2.87. The Kier molecular flexibility index (Phi) is 6.30. The van der Waals surface area contributed by atoms with Gasteiger partial charge in [0.1, 0.15) is 5.75 Å². The van der Waals surface area contributed by atoms with E-state index in [0.717, 1.165) is 28.1 Å². The highest BCUT2D eigenvalue weighted by Crippen LogP contribution is 2.25. The zero-order chi connectivity index (χ0) is 20.1. The summed E-state index contributed by atoms with van der Waals surface area (Å²) in [5.74, 6) is 0.661. The number of aryl methyl sites for hydroxylation is 1. The smallest absolute Gasteiger partial charge is 0.233 e. The number of hydrogen-bond acceptors (Lipinski definition) is 6. The van der Waals surface area contributed by atoms with E-state index in [-0.39, 0.29) is 11.2 Å². The first kappa shape index (κ1) is 19.9. The lowest BCUT2D eigenvalue weighted by molar-refractivity contribution is -0.120. The van der Waals surface area contributed by atoms with Crippen molar-refractivity contribution in [3.63, 3.8) is 0 Å². The molecule has 7 nitrogen and oxygen atoms in total. The van der Waals surface area contributed by atoms with Crippen molar-refractivity contribution in [3.8, 4) is 11.4 Å². The number of carbonyl (C=O) groups is 1. The molecule has 0 aliphatic carbocycles. The minimum absolute atomic E-state index is 0.0913. The number of aromatic nitrogens is 4. The van der Waals surface area contributed by atoms with Gasteiger partial charge in [-0.05, 0) is 54.5 Å². The lowest BCUT2D eigenvalue weighted by Gasteiger charge is -2.14. The fraction of sp³-hybridized carbons (Fsp3) is 0.300. The van der Waals surface area contributed by atoms with E-state index in [0.29, 0.717) is 11.7 Å². The summed E-state index contributed by atoms with van der Waals surface area (Å²) < 4.78 is 7.00. The summed E-state index contributed by atoms with van der Waals surface area (Å²) in [7, 11) is 1.62. The summed E-state index contributed by atoms with van der Waals surface area (Å²) in [6.07, 6.45) is 0. The molecule has 1 aromatic heterocycles. The number of thioether (sulfide) groups is 1. The Morgan fingerprint density at radius 1 is 1.21 bits per heavy atom. The van der Waals surface area contributed by atoms with E-state index in [2.05, 4.69) is 20.8 Å². The van der Waals surface area contributed by atoms with Crippen LogP contribution in [0, 0.1) is 13.8 Å². The van der Waals surface area contributed by atoms with Gasteiger partial charge in [-0.3, -0.25) is 4.79 Å². The van der Waals surface area contributed by atoms with Crippen LogP contribution in [0.4, 0.5) is 0 Å². The first-order chi connectivity index (χ1) is 13.5. The van der Waals surface area contributed by atoms with Crippen molar-refractivity contribution in [1.82, 2.24) is 25.5 Å². The monoisotopic (exact) mass is 397 g/mol. The molecule has 0 aliphatic heterocycles. The van der Waals surface area contributed by atoms with Crippen molar-refractivity contribution in [3.05, 3.63) is 59.2 Å². The topological polar surface area (TPSA) is 81.9 Å². The summed E-state index contributed by atoms with van der Waals surface area (Å²) in [5, 5.41) is 15.2. The van der Waals surface area contributed by atoms with Gasteiger partial charge in [0.2, 0.25) is 11.1 Å². The molecule has 0 spiro atoms. The maximum atomic E-state index is 12.6. The minimum atomic E-state index is -0.357. The van der Waals surface area contributed by atoms with Crippen LogP contribution in [0.2, 0.25) is 0 Å². The molecule has 1 amide bonds. The molecular weight excluding hydrogens is 374 g/mol. The molecule has 1 heterocycles. The van der Waals surface area contributed by atoms with E-state index in [9.17, 15) is 4.79 Å². The van der Waals surface area contributed by atoms with E-state index >= 15 is 0 Å². The molecule has 2 aromatic carbocycles. The number of benzene rings is 2. The number of nitrogens with one attached hydrogen (secondary N) is 1. The highest BCUT2D eigenvalue weighted by molar-refractivity contribution is 8.00. The molecule has 1 unspecified atom stereocenters. The Balaban J connectivity index is 1.68.